The highest BCUT2D eigenvalue weighted by Crippen LogP contribution is 2.28. The molecule has 1 saturated carbocycles. The monoisotopic (exact) mass is 255 g/mol. The van der Waals surface area contributed by atoms with Gasteiger partial charge in [-0.05, 0) is 32.1 Å². The van der Waals surface area contributed by atoms with Crippen LogP contribution in [0.1, 0.15) is 58.8 Å². The van der Waals surface area contributed by atoms with Gasteiger partial charge in [0.25, 0.3) is 0 Å². The molecule has 3 nitrogen and oxygen atoms in total. The summed E-state index contributed by atoms with van der Waals surface area (Å²) in [5, 5.41) is 14.1. The maximum absolute atomic E-state index is 10.5. The third-order valence-corrected chi connectivity index (χ3v) is 5.02. The standard InChI is InChI=1S/C15H29NO2/c1-3-13-5-4-6-14(8-7-13)16-11-15(17)9-10-18-12(15)2/h12-14,16-17H,3-11H2,1-2H3. The molecule has 2 N–H and O–H groups in total. The molecule has 0 amide bonds. The Morgan fingerprint density at radius 3 is 2.78 bits per heavy atom. The summed E-state index contributed by atoms with van der Waals surface area (Å²) < 4.78 is 5.48. The van der Waals surface area contributed by atoms with E-state index in [0.29, 0.717) is 19.2 Å². The summed E-state index contributed by atoms with van der Waals surface area (Å²) in [7, 11) is 0. The normalized spacial score (nSPS) is 41.8. The largest absolute Gasteiger partial charge is 0.386 e. The van der Waals surface area contributed by atoms with Crippen LogP contribution >= 0.6 is 0 Å². The predicted octanol–water partition coefficient (Wildman–Crippen LogP) is 2.47. The molecule has 4 unspecified atom stereocenters. The summed E-state index contributed by atoms with van der Waals surface area (Å²) >= 11 is 0. The van der Waals surface area contributed by atoms with Gasteiger partial charge < -0.3 is 15.2 Å². The average molecular weight is 255 g/mol. The third-order valence-electron chi connectivity index (χ3n) is 5.02. The van der Waals surface area contributed by atoms with Gasteiger partial charge in [-0.15, -0.1) is 0 Å². The van der Waals surface area contributed by atoms with Crippen LogP contribution in [0.3, 0.4) is 0 Å². The van der Waals surface area contributed by atoms with E-state index in [-0.39, 0.29) is 6.10 Å². The van der Waals surface area contributed by atoms with Gasteiger partial charge in [0.15, 0.2) is 0 Å². The van der Waals surface area contributed by atoms with Crippen LogP contribution in [-0.4, -0.2) is 36.0 Å². The zero-order chi connectivity index (χ0) is 13.0. The van der Waals surface area contributed by atoms with Crippen LogP contribution in [0.25, 0.3) is 0 Å². The molecular formula is C15H29NO2. The number of nitrogens with one attached hydrogen (secondary N) is 1. The Morgan fingerprint density at radius 2 is 2.11 bits per heavy atom. The Morgan fingerprint density at radius 1 is 1.28 bits per heavy atom. The van der Waals surface area contributed by atoms with Gasteiger partial charge in [0, 0.05) is 25.6 Å². The van der Waals surface area contributed by atoms with Crippen molar-refractivity contribution in [3.63, 3.8) is 0 Å². The summed E-state index contributed by atoms with van der Waals surface area (Å²) in [6.45, 7) is 5.67. The first-order valence-corrected chi connectivity index (χ1v) is 7.71. The van der Waals surface area contributed by atoms with Crippen molar-refractivity contribution in [1.82, 2.24) is 5.32 Å². The fourth-order valence-corrected chi connectivity index (χ4v) is 3.31. The first-order valence-electron chi connectivity index (χ1n) is 7.71. The lowest BCUT2D eigenvalue weighted by molar-refractivity contribution is -0.0279. The topological polar surface area (TPSA) is 41.5 Å². The van der Waals surface area contributed by atoms with E-state index in [9.17, 15) is 5.11 Å². The highest BCUT2D eigenvalue weighted by molar-refractivity contribution is 4.92. The SMILES string of the molecule is CCC1CCCC(NCC2(O)CCOC2C)CC1. The second-order valence-electron chi connectivity index (χ2n) is 6.23. The smallest absolute Gasteiger partial charge is 0.105 e. The van der Waals surface area contributed by atoms with E-state index >= 15 is 0 Å². The maximum atomic E-state index is 10.5. The molecule has 1 saturated heterocycles. The van der Waals surface area contributed by atoms with E-state index in [4.69, 9.17) is 4.74 Å². The first kappa shape index (κ1) is 14.3. The van der Waals surface area contributed by atoms with Crippen LogP contribution in [0, 0.1) is 5.92 Å². The van der Waals surface area contributed by atoms with Crippen molar-refractivity contribution in [2.24, 2.45) is 5.92 Å². The fourth-order valence-electron chi connectivity index (χ4n) is 3.31. The van der Waals surface area contributed by atoms with E-state index < -0.39 is 5.60 Å². The number of hydrogen-bond acceptors (Lipinski definition) is 3. The molecule has 1 aliphatic carbocycles. The van der Waals surface area contributed by atoms with Crippen LogP contribution in [-0.2, 0) is 4.74 Å². The molecule has 2 fully saturated rings. The molecular weight excluding hydrogens is 226 g/mol. The minimum Gasteiger partial charge on any atom is -0.386 e. The zero-order valence-electron chi connectivity index (χ0n) is 12.0. The van der Waals surface area contributed by atoms with E-state index in [2.05, 4.69) is 12.2 Å². The number of hydrogen-bond donors (Lipinski definition) is 2. The van der Waals surface area contributed by atoms with Crippen molar-refractivity contribution in [2.75, 3.05) is 13.2 Å². The quantitative estimate of drug-likeness (QED) is 0.758. The van der Waals surface area contributed by atoms with Crippen molar-refractivity contribution >= 4 is 0 Å². The van der Waals surface area contributed by atoms with Gasteiger partial charge in [0.1, 0.15) is 5.60 Å². The Balaban J connectivity index is 1.76. The van der Waals surface area contributed by atoms with Crippen molar-refractivity contribution in [3.8, 4) is 0 Å². The number of rotatable bonds is 4. The average Bonchev–Trinajstić information content (AvgIpc) is 2.59. The van der Waals surface area contributed by atoms with Gasteiger partial charge in [-0.3, -0.25) is 0 Å². The molecule has 2 rings (SSSR count). The maximum Gasteiger partial charge on any atom is 0.105 e. The summed E-state index contributed by atoms with van der Waals surface area (Å²) in [5.41, 5.74) is -0.642. The minimum absolute atomic E-state index is 0.0285. The van der Waals surface area contributed by atoms with Gasteiger partial charge in [-0.1, -0.05) is 26.2 Å². The van der Waals surface area contributed by atoms with Crippen LogP contribution in [0.5, 0.6) is 0 Å². The van der Waals surface area contributed by atoms with Gasteiger partial charge in [0.05, 0.1) is 6.10 Å². The van der Waals surface area contributed by atoms with Crippen molar-refractivity contribution in [2.45, 2.75) is 76.5 Å². The molecule has 0 radical (unpaired) electrons. The molecule has 1 aliphatic heterocycles. The summed E-state index contributed by atoms with van der Waals surface area (Å²) in [6.07, 6.45) is 8.66. The fraction of sp³-hybridized carbons (Fsp3) is 1.00. The summed E-state index contributed by atoms with van der Waals surface area (Å²) in [6, 6.07) is 0.596. The lowest BCUT2D eigenvalue weighted by Crippen LogP contribution is -2.48. The Kier molecular flexibility index (Phi) is 5.05. The summed E-state index contributed by atoms with van der Waals surface area (Å²) in [4.78, 5) is 0. The van der Waals surface area contributed by atoms with Gasteiger partial charge in [0.2, 0.25) is 0 Å². The molecule has 0 aromatic carbocycles. The predicted molar refractivity (Wildman–Crippen MR) is 73.6 cm³/mol. The van der Waals surface area contributed by atoms with Gasteiger partial charge in [-0.25, -0.2) is 0 Å². The first-order chi connectivity index (χ1) is 8.64. The molecule has 1 heterocycles. The Hall–Kier alpha value is -0.120. The molecule has 106 valence electrons. The molecule has 4 atom stereocenters. The Bertz CT molecular complexity index is 259. The zero-order valence-corrected chi connectivity index (χ0v) is 12.0. The molecule has 0 spiro atoms. The van der Waals surface area contributed by atoms with Crippen LogP contribution in [0.4, 0.5) is 0 Å². The molecule has 18 heavy (non-hydrogen) atoms. The number of ether oxygens (including phenoxy) is 1. The van der Waals surface area contributed by atoms with Gasteiger partial charge in [-0.2, -0.15) is 0 Å². The highest BCUT2D eigenvalue weighted by Gasteiger charge is 2.39. The van der Waals surface area contributed by atoms with Crippen LogP contribution in [0.2, 0.25) is 0 Å². The molecule has 2 aliphatic rings. The molecule has 0 aromatic rings. The van der Waals surface area contributed by atoms with E-state index in [0.717, 1.165) is 12.3 Å². The van der Waals surface area contributed by atoms with Crippen molar-refractivity contribution < 1.29 is 9.84 Å². The second-order valence-corrected chi connectivity index (χ2v) is 6.23. The van der Waals surface area contributed by atoms with Crippen LogP contribution < -0.4 is 5.32 Å². The minimum atomic E-state index is -0.642. The van der Waals surface area contributed by atoms with E-state index in [1.807, 2.05) is 6.92 Å². The van der Waals surface area contributed by atoms with Crippen LogP contribution in [0.15, 0.2) is 0 Å². The number of aliphatic hydroxyl groups is 1. The molecule has 3 heteroatoms. The van der Waals surface area contributed by atoms with E-state index in [1.165, 1.54) is 38.5 Å². The molecule has 0 aromatic heterocycles. The lowest BCUT2D eigenvalue weighted by atomic mass is 9.95. The molecule has 0 bridgehead atoms. The van der Waals surface area contributed by atoms with Gasteiger partial charge >= 0.3 is 0 Å². The van der Waals surface area contributed by atoms with Crippen molar-refractivity contribution in [1.29, 1.82) is 0 Å². The third kappa shape index (κ3) is 3.46. The highest BCUT2D eigenvalue weighted by atomic mass is 16.5. The van der Waals surface area contributed by atoms with E-state index in [1.54, 1.807) is 0 Å². The lowest BCUT2D eigenvalue weighted by Gasteiger charge is -2.29. The summed E-state index contributed by atoms with van der Waals surface area (Å²) in [5.74, 6) is 0.925. The van der Waals surface area contributed by atoms with Crippen molar-refractivity contribution in [3.05, 3.63) is 0 Å². The Labute approximate surface area is 111 Å². The second kappa shape index (κ2) is 6.36.